The molecule has 2 unspecified atom stereocenters. The number of benzene rings is 1. The second kappa shape index (κ2) is 10.4. The number of carbonyl (C=O) groups excluding carboxylic acids is 1. The lowest BCUT2D eigenvalue weighted by atomic mass is 9.98. The Kier molecular flexibility index (Phi) is 7.88. The lowest BCUT2D eigenvalue weighted by molar-refractivity contribution is 0.0532. The molecule has 0 saturated heterocycles. The molecule has 1 aromatic carbocycles. The lowest BCUT2D eigenvalue weighted by Gasteiger charge is -2.22. The number of hydrogen-bond donors (Lipinski definition) is 4. The standard InChI is InChI=1S/C22H30ClN3O4/c1-14-10-20(25-26(14)12-17(28)13-27)16-8-9-19(23)18(11-16)22(30)24-21(29)15-6-4-2-3-5-7-15/h8-11,15,17,21,27-29H,2-7,12-13H2,1H3,(H,24,30). The van der Waals surface area contributed by atoms with Crippen molar-refractivity contribution in [3.63, 3.8) is 0 Å². The van der Waals surface area contributed by atoms with Crippen molar-refractivity contribution in [2.24, 2.45) is 5.92 Å². The molecule has 2 atom stereocenters. The van der Waals surface area contributed by atoms with E-state index in [2.05, 4.69) is 10.4 Å². The molecule has 0 aliphatic heterocycles. The third kappa shape index (κ3) is 5.60. The van der Waals surface area contributed by atoms with Crippen LogP contribution in [0, 0.1) is 12.8 Å². The number of amides is 1. The van der Waals surface area contributed by atoms with Gasteiger partial charge in [0.1, 0.15) is 6.23 Å². The van der Waals surface area contributed by atoms with Crippen LogP contribution >= 0.6 is 11.6 Å². The first kappa shape index (κ1) is 22.7. The first-order valence-electron chi connectivity index (χ1n) is 10.5. The number of halogens is 1. The monoisotopic (exact) mass is 435 g/mol. The maximum absolute atomic E-state index is 12.8. The lowest BCUT2D eigenvalue weighted by Crippen LogP contribution is -2.40. The first-order chi connectivity index (χ1) is 14.4. The van der Waals surface area contributed by atoms with Gasteiger partial charge in [0.2, 0.25) is 0 Å². The molecule has 164 valence electrons. The fraction of sp³-hybridized carbons (Fsp3) is 0.545. The third-order valence-electron chi connectivity index (χ3n) is 5.71. The molecule has 1 aliphatic rings. The van der Waals surface area contributed by atoms with Crippen molar-refractivity contribution in [3.05, 3.63) is 40.5 Å². The molecule has 1 aliphatic carbocycles. The smallest absolute Gasteiger partial charge is 0.254 e. The number of carbonyl (C=O) groups is 1. The quantitative estimate of drug-likeness (QED) is 0.395. The highest BCUT2D eigenvalue weighted by Crippen LogP contribution is 2.27. The van der Waals surface area contributed by atoms with Crippen LogP contribution in [-0.2, 0) is 6.54 Å². The molecule has 0 bridgehead atoms. The fourth-order valence-corrected chi connectivity index (χ4v) is 4.11. The van der Waals surface area contributed by atoms with Crippen LogP contribution in [0.4, 0.5) is 0 Å². The van der Waals surface area contributed by atoms with Gasteiger partial charge in [-0.05, 0) is 38.0 Å². The molecule has 30 heavy (non-hydrogen) atoms. The van der Waals surface area contributed by atoms with Crippen LogP contribution in [0.1, 0.15) is 54.6 Å². The second-order valence-electron chi connectivity index (χ2n) is 8.05. The molecule has 4 N–H and O–H groups in total. The minimum absolute atomic E-state index is 0.0645. The van der Waals surface area contributed by atoms with E-state index >= 15 is 0 Å². The number of nitrogens with zero attached hydrogens (tertiary/aromatic N) is 2. The minimum atomic E-state index is -0.895. The van der Waals surface area contributed by atoms with E-state index in [4.69, 9.17) is 16.7 Å². The van der Waals surface area contributed by atoms with Gasteiger partial charge >= 0.3 is 0 Å². The van der Waals surface area contributed by atoms with Crippen molar-refractivity contribution < 1.29 is 20.1 Å². The number of hydrogen-bond acceptors (Lipinski definition) is 5. The van der Waals surface area contributed by atoms with Gasteiger partial charge in [0.25, 0.3) is 5.91 Å². The number of aryl methyl sites for hydroxylation is 1. The van der Waals surface area contributed by atoms with E-state index < -0.39 is 18.2 Å². The molecule has 7 nitrogen and oxygen atoms in total. The van der Waals surface area contributed by atoms with Crippen molar-refractivity contribution in [1.29, 1.82) is 0 Å². The molecule has 1 heterocycles. The number of aliphatic hydroxyl groups is 3. The maximum atomic E-state index is 12.8. The van der Waals surface area contributed by atoms with Gasteiger partial charge in [-0.1, -0.05) is 43.4 Å². The Hall–Kier alpha value is -1.93. The average molecular weight is 436 g/mol. The zero-order valence-electron chi connectivity index (χ0n) is 17.2. The number of nitrogens with one attached hydrogen (secondary N) is 1. The van der Waals surface area contributed by atoms with E-state index in [0.717, 1.165) is 31.4 Å². The highest BCUT2D eigenvalue weighted by atomic mass is 35.5. The first-order valence-corrected chi connectivity index (χ1v) is 10.9. The van der Waals surface area contributed by atoms with Crippen LogP contribution in [0.2, 0.25) is 5.02 Å². The van der Waals surface area contributed by atoms with Crippen LogP contribution in [0.15, 0.2) is 24.3 Å². The topological polar surface area (TPSA) is 108 Å². The van der Waals surface area contributed by atoms with Crippen molar-refractivity contribution in [2.45, 2.75) is 64.3 Å². The van der Waals surface area contributed by atoms with Gasteiger partial charge in [-0.15, -0.1) is 0 Å². The highest BCUT2D eigenvalue weighted by Gasteiger charge is 2.24. The van der Waals surface area contributed by atoms with Crippen molar-refractivity contribution in [2.75, 3.05) is 6.61 Å². The van der Waals surface area contributed by atoms with Crippen LogP contribution in [0.3, 0.4) is 0 Å². The van der Waals surface area contributed by atoms with Crippen LogP contribution < -0.4 is 5.32 Å². The zero-order chi connectivity index (χ0) is 21.7. The molecule has 1 amide bonds. The van der Waals surface area contributed by atoms with Gasteiger partial charge in [-0.25, -0.2) is 0 Å². The number of aromatic nitrogens is 2. The average Bonchev–Trinajstić information content (AvgIpc) is 2.93. The van der Waals surface area contributed by atoms with Crippen molar-refractivity contribution in [3.8, 4) is 11.3 Å². The number of rotatable bonds is 7. The normalized spacial score (nSPS) is 17.4. The predicted octanol–water partition coefficient (Wildman–Crippen LogP) is 2.88. The maximum Gasteiger partial charge on any atom is 0.254 e. The van der Waals surface area contributed by atoms with Gasteiger partial charge < -0.3 is 20.6 Å². The molecule has 3 rings (SSSR count). The van der Waals surface area contributed by atoms with Gasteiger partial charge in [0.15, 0.2) is 0 Å². The summed E-state index contributed by atoms with van der Waals surface area (Å²) in [4.78, 5) is 12.8. The molecular weight excluding hydrogens is 406 g/mol. The Balaban J connectivity index is 1.76. The summed E-state index contributed by atoms with van der Waals surface area (Å²) < 4.78 is 1.61. The van der Waals surface area contributed by atoms with Gasteiger partial charge in [0, 0.05) is 17.2 Å². The van der Waals surface area contributed by atoms with Crippen molar-refractivity contribution >= 4 is 17.5 Å². The molecule has 1 saturated carbocycles. The molecule has 0 spiro atoms. The Morgan fingerprint density at radius 3 is 2.60 bits per heavy atom. The summed E-state index contributed by atoms with van der Waals surface area (Å²) in [6.07, 6.45) is 4.52. The van der Waals surface area contributed by atoms with Crippen LogP contribution in [0.25, 0.3) is 11.3 Å². The zero-order valence-corrected chi connectivity index (χ0v) is 18.0. The van der Waals surface area contributed by atoms with Gasteiger partial charge in [0.05, 0.1) is 35.5 Å². The Morgan fingerprint density at radius 2 is 1.93 bits per heavy atom. The van der Waals surface area contributed by atoms with Crippen LogP contribution in [0.5, 0.6) is 0 Å². The van der Waals surface area contributed by atoms with Gasteiger partial charge in [-0.3, -0.25) is 9.48 Å². The fourth-order valence-electron chi connectivity index (χ4n) is 3.91. The second-order valence-corrected chi connectivity index (χ2v) is 8.46. The van der Waals surface area contributed by atoms with E-state index in [1.807, 2.05) is 13.0 Å². The van der Waals surface area contributed by atoms with Crippen LogP contribution in [-0.4, -0.2) is 49.9 Å². The summed E-state index contributed by atoms with van der Waals surface area (Å²) in [5, 5.41) is 36.7. The van der Waals surface area contributed by atoms with E-state index in [0.29, 0.717) is 16.3 Å². The van der Waals surface area contributed by atoms with E-state index in [1.54, 1.807) is 22.9 Å². The molecule has 0 radical (unpaired) electrons. The van der Waals surface area contributed by atoms with Gasteiger partial charge in [-0.2, -0.15) is 5.10 Å². The molecular formula is C22H30ClN3O4. The summed E-state index contributed by atoms with van der Waals surface area (Å²) in [7, 11) is 0. The molecule has 8 heteroatoms. The molecule has 1 aromatic heterocycles. The summed E-state index contributed by atoms with van der Waals surface area (Å²) in [6.45, 7) is 1.69. The predicted molar refractivity (Wildman–Crippen MR) is 115 cm³/mol. The van der Waals surface area contributed by atoms with Crippen molar-refractivity contribution in [1.82, 2.24) is 15.1 Å². The molecule has 2 aromatic rings. The Morgan fingerprint density at radius 1 is 1.23 bits per heavy atom. The van der Waals surface area contributed by atoms with E-state index in [9.17, 15) is 15.0 Å². The summed E-state index contributed by atoms with van der Waals surface area (Å²) in [6, 6.07) is 6.91. The molecule has 1 fully saturated rings. The van der Waals surface area contributed by atoms with E-state index in [-0.39, 0.29) is 24.6 Å². The Bertz CT molecular complexity index is 862. The van der Waals surface area contributed by atoms with E-state index in [1.165, 1.54) is 12.8 Å². The number of aliphatic hydroxyl groups excluding tert-OH is 3. The summed E-state index contributed by atoms with van der Waals surface area (Å²) in [5.41, 5.74) is 2.44. The SMILES string of the molecule is Cc1cc(-c2ccc(Cl)c(C(=O)NC(O)C3CCCCCC3)c2)nn1CC(O)CO. The Labute approximate surface area is 181 Å². The largest absolute Gasteiger partial charge is 0.394 e. The summed E-state index contributed by atoms with van der Waals surface area (Å²) >= 11 is 6.27. The third-order valence-corrected chi connectivity index (χ3v) is 6.04. The highest BCUT2D eigenvalue weighted by molar-refractivity contribution is 6.34. The minimum Gasteiger partial charge on any atom is -0.394 e. The summed E-state index contributed by atoms with van der Waals surface area (Å²) in [5.74, 6) is -0.347.